The van der Waals surface area contributed by atoms with Crippen molar-refractivity contribution in [2.75, 3.05) is 24.8 Å². The van der Waals surface area contributed by atoms with Gasteiger partial charge in [-0.1, -0.05) is 36.4 Å². The largest absolute Gasteiger partial charge is 0.463 e. The third-order valence-electron chi connectivity index (χ3n) is 4.69. The third kappa shape index (κ3) is 2.52. The maximum atomic E-state index is 5.74. The van der Waals surface area contributed by atoms with Crippen molar-refractivity contribution in [2.24, 2.45) is 4.99 Å². The summed E-state index contributed by atoms with van der Waals surface area (Å²) in [5, 5.41) is 0. The minimum absolute atomic E-state index is 0.194. The number of fused-ring (bicyclic) bond motifs is 2. The standard InChI is InChI=1S/C20H18N2O3/c1-2-4-17-15(3-1)12-16(22(17)20-21-9-10-23-20)7-5-14-6-8-18-19(11-14)25-13-24-18/h1-8,11,16H,9-10,12-13H2. The first-order valence-corrected chi connectivity index (χ1v) is 8.51. The molecular formula is C20H18N2O3. The number of para-hydroxylation sites is 1. The lowest BCUT2D eigenvalue weighted by Gasteiger charge is -2.24. The van der Waals surface area contributed by atoms with Crippen molar-refractivity contribution in [3.8, 4) is 11.5 Å². The number of ether oxygens (including phenoxy) is 3. The van der Waals surface area contributed by atoms with E-state index >= 15 is 0 Å². The van der Waals surface area contributed by atoms with Crippen LogP contribution in [0.3, 0.4) is 0 Å². The van der Waals surface area contributed by atoms with E-state index in [0.29, 0.717) is 13.4 Å². The molecule has 1 unspecified atom stereocenters. The van der Waals surface area contributed by atoms with Crippen LogP contribution >= 0.6 is 0 Å². The highest BCUT2D eigenvalue weighted by molar-refractivity contribution is 5.96. The number of rotatable bonds is 2. The molecule has 0 fully saturated rings. The second-order valence-electron chi connectivity index (χ2n) is 6.25. The Morgan fingerprint density at radius 1 is 1.04 bits per heavy atom. The predicted molar refractivity (Wildman–Crippen MR) is 96.3 cm³/mol. The first-order chi connectivity index (χ1) is 12.4. The Morgan fingerprint density at radius 3 is 2.88 bits per heavy atom. The number of nitrogens with zero attached hydrogens (tertiary/aromatic N) is 2. The molecule has 0 amide bonds. The van der Waals surface area contributed by atoms with Crippen LogP contribution in [-0.4, -0.2) is 32.0 Å². The molecule has 3 aliphatic heterocycles. The first kappa shape index (κ1) is 14.4. The molecular weight excluding hydrogens is 316 g/mol. The maximum Gasteiger partial charge on any atom is 0.292 e. The average molecular weight is 334 g/mol. The van der Waals surface area contributed by atoms with Crippen molar-refractivity contribution < 1.29 is 14.2 Å². The van der Waals surface area contributed by atoms with Gasteiger partial charge in [0.15, 0.2) is 11.5 Å². The molecule has 126 valence electrons. The number of anilines is 1. The minimum Gasteiger partial charge on any atom is -0.463 e. The van der Waals surface area contributed by atoms with Gasteiger partial charge in [-0.05, 0) is 35.7 Å². The summed E-state index contributed by atoms with van der Waals surface area (Å²) in [6.45, 7) is 1.69. The van der Waals surface area contributed by atoms with Gasteiger partial charge in [0, 0.05) is 5.69 Å². The number of aliphatic imine (C=N–C) groups is 1. The molecule has 0 bridgehead atoms. The zero-order chi connectivity index (χ0) is 16.6. The highest BCUT2D eigenvalue weighted by Gasteiger charge is 2.32. The van der Waals surface area contributed by atoms with E-state index in [1.165, 1.54) is 11.3 Å². The molecule has 25 heavy (non-hydrogen) atoms. The summed E-state index contributed by atoms with van der Waals surface area (Å²) in [4.78, 5) is 6.72. The minimum atomic E-state index is 0.194. The van der Waals surface area contributed by atoms with Crippen molar-refractivity contribution in [2.45, 2.75) is 12.5 Å². The molecule has 0 saturated carbocycles. The molecule has 3 heterocycles. The summed E-state index contributed by atoms with van der Waals surface area (Å²) in [5.41, 5.74) is 3.60. The molecule has 0 N–H and O–H groups in total. The second kappa shape index (κ2) is 5.84. The van der Waals surface area contributed by atoms with E-state index in [1.54, 1.807) is 0 Å². The molecule has 0 saturated heterocycles. The van der Waals surface area contributed by atoms with Crippen LogP contribution in [0.25, 0.3) is 6.08 Å². The van der Waals surface area contributed by atoms with Gasteiger partial charge in [0.1, 0.15) is 6.61 Å². The van der Waals surface area contributed by atoms with Crippen molar-refractivity contribution >= 4 is 17.8 Å². The van der Waals surface area contributed by atoms with Gasteiger partial charge < -0.3 is 14.2 Å². The molecule has 2 aromatic rings. The van der Waals surface area contributed by atoms with Gasteiger partial charge in [0.25, 0.3) is 6.02 Å². The van der Waals surface area contributed by atoms with Gasteiger partial charge >= 0.3 is 0 Å². The molecule has 5 rings (SSSR count). The predicted octanol–water partition coefficient (Wildman–Crippen LogP) is 3.25. The molecule has 2 aromatic carbocycles. The van der Waals surface area contributed by atoms with E-state index in [2.05, 4.69) is 46.3 Å². The van der Waals surface area contributed by atoms with E-state index in [1.807, 2.05) is 18.2 Å². The first-order valence-electron chi connectivity index (χ1n) is 8.51. The van der Waals surface area contributed by atoms with Gasteiger partial charge in [-0.15, -0.1) is 0 Å². The fourth-order valence-corrected chi connectivity index (χ4v) is 3.52. The zero-order valence-corrected chi connectivity index (χ0v) is 13.7. The van der Waals surface area contributed by atoms with E-state index in [4.69, 9.17) is 14.2 Å². The third-order valence-corrected chi connectivity index (χ3v) is 4.69. The molecule has 0 radical (unpaired) electrons. The van der Waals surface area contributed by atoms with Gasteiger partial charge in [0.2, 0.25) is 6.79 Å². The summed E-state index contributed by atoms with van der Waals surface area (Å²) >= 11 is 0. The maximum absolute atomic E-state index is 5.74. The topological polar surface area (TPSA) is 43.3 Å². The summed E-state index contributed by atoms with van der Waals surface area (Å²) in [6.07, 6.45) is 5.28. The Kier molecular flexibility index (Phi) is 3.37. The summed E-state index contributed by atoms with van der Waals surface area (Å²) < 4.78 is 16.6. The van der Waals surface area contributed by atoms with E-state index < -0.39 is 0 Å². The SMILES string of the molecule is C(=CC1Cc2ccccc2N1C1=NCCO1)c1ccc2c(c1)OCO2. The van der Waals surface area contributed by atoms with Crippen molar-refractivity contribution in [3.05, 3.63) is 59.7 Å². The van der Waals surface area contributed by atoms with Crippen LogP contribution in [-0.2, 0) is 11.2 Å². The number of hydrogen-bond acceptors (Lipinski definition) is 5. The lowest BCUT2D eigenvalue weighted by Crippen LogP contribution is -2.36. The number of benzene rings is 2. The summed E-state index contributed by atoms with van der Waals surface area (Å²) in [6, 6.07) is 15.4. The molecule has 0 aliphatic carbocycles. The molecule has 3 aliphatic rings. The normalized spacial score (nSPS) is 20.7. The summed E-state index contributed by atoms with van der Waals surface area (Å²) in [7, 11) is 0. The van der Waals surface area contributed by atoms with Gasteiger partial charge in [-0.2, -0.15) is 0 Å². The van der Waals surface area contributed by atoms with Gasteiger partial charge in [-0.25, -0.2) is 4.99 Å². The quantitative estimate of drug-likeness (QED) is 0.846. The van der Waals surface area contributed by atoms with Crippen LogP contribution < -0.4 is 14.4 Å². The molecule has 0 aromatic heterocycles. The van der Waals surface area contributed by atoms with Crippen LogP contribution in [0.5, 0.6) is 11.5 Å². The van der Waals surface area contributed by atoms with E-state index in [9.17, 15) is 0 Å². The van der Waals surface area contributed by atoms with E-state index in [0.717, 1.165) is 36.0 Å². The Morgan fingerprint density at radius 2 is 1.96 bits per heavy atom. The molecule has 1 atom stereocenters. The Balaban J connectivity index is 1.44. The van der Waals surface area contributed by atoms with Crippen molar-refractivity contribution in [3.63, 3.8) is 0 Å². The Bertz CT molecular complexity index is 875. The molecule has 5 nitrogen and oxygen atoms in total. The lowest BCUT2D eigenvalue weighted by atomic mass is 10.1. The second-order valence-corrected chi connectivity index (χ2v) is 6.25. The van der Waals surface area contributed by atoms with Crippen LogP contribution in [0, 0.1) is 0 Å². The van der Waals surface area contributed by atoms with Crippen LogP contribution in [0.15, 0.2) is 53.5 Å². The van der Waals surface area contributed by atoms with Crippen molar-refractivity contribution in [1.82, 2.24) is 0 Å². The van der Waals surface area contributed by atoms with Crippen LogP contribution in [0.4, 0.5) is 5.69 Å². The van der Waals surface area contributed by atoms with Gasteiger partial charge in [0.05, 0.1) is 12.6 Å². The van der Waals surface area contributed by atoms with Crippen LogP contribution in [0.1, 0.15) is 11.1 Å². The highest BCUT2D eigenvalue weighted by atomic mass is 16.7. The van der Waals surface area contributed by atoms with E-state index in [-0.39, 0.29) is 6.04 Å². The fraction of sp³-hybridized carbons (Fsp3) is 0.250. The Labute approximate surface area is 146 Å². The zero-order valence-electron chi connectivity index (χ0n) is 13.7. The van der Waals surface area contributed by atoms with Gasteiger partial charge in [-0.3, -0.25) is 4.90 Å². The van der Waals surface area contributed by atoms with Crippen molar-refractivity contribution in [1.29, 1.82) is 0 Å². The monoisotopic (exact) mass is 334 g/mol. The number of amidine groups is 1. The average Bonchev–Trinajstić information content (AvgIpc) is 3.37. The lowest BCUT2D eigenvalue weighted by molar-refractivity contribution is 0.174. The summed E-state index contributed by atoms with van der Waals surface area (Å²) in [5.74, 6) is 1.61. The Hall–Kier alpha value is -2.95. The number of hydrogen-bond donors (Lipinski definition) is 0. The highest BCUT2D eigenvalue weighted by Crippen LogP contribution is 2.35. The fourth-order valence-electron chi connectivity index (χ4n) is 3.52. The smallest absolute Gasteiger partial charge is 0.292 e. The molecule has 0 spiro atoms. The van der Waals surface area contributed by atoms with Crippen LogP contribution in [0.2, 0.25) is 0 Å². The molecule has 5 heteroatoms.